The number of aromatic nitrogens is 2. The summed E-state index contributed by atoms with van der Waals surface area (Å²) >= 11 is 0. The van der Waals surface area contributed by atoms with Gasteiger partial charge in [0.25, 0.3) is 0 Å². The Morgan fingerprint density at radius 2 is 1.96 bits per heavy atom. The highest BCUT2D eigenvalue weighted by molar-refractivity contribution is 5.83. The average molecular weight is 325 g/mol. The third-order valence-corrected chi connectivity index (χ3v) is 3.40. The van der Waals surface area contributed by atoms with Gasteiger partial charge in [0.15, 0.2) is 5.82 Å². The standard InChI is InChI=1S/C15H23N3O5/c1-5-21-13(19)12-16-11(17-23-12)10-6-8-18(9-7-10)14(20)22-15(2,3)4/h10H,5-9H2,1-4H3. The van der Waals surface area contributed by atoms with E-state index in [9.17, 15) is 9.59 Å². The summed E-state index contributed by atoms with van der Waals surface area (Å²) in [4.78, 5) is 29.3. The van der Waals surface area contributed by atoms with Gasteiger partial charge in [-0.15, -0.1) is 0 Å². The number of likely N-dealkylation sites (tertiary alicyclic amines) is 1. The Balaban J connectivity index is 1.89. The minimum atomic E-state index is -0.613. The van der Waals surface area contributed by atoms with Gasteiger partial charge in [0.2, 0.25) is 0 Å². The molecular formula is C15H23N3O5. The van der Waals surface area contributed by atoms with Crippen molar-refractivity contribution in [2.45, 2.75) is 52.1 Å². The molecule has 1 amide bonds. The first-order valence-corrected chi connectivity index (χ1v) is 7.79. The number of esters is 1. The fourth-order valence-electron chi connectivity index (χ4n) is 2.32. The van der Waals surface area contributed by atoms with Gasteiger partial charge in [-0.1, -0.05) is 5.16 Å². The third-order valence-electron chi connectivity index (χ3n) is 3.40. The average Bonchev–Trinajstić information content (AvgIpc) is 2.96. The molecule has 0 unspecified atom stereocenters. The van der Waals surface area contributed by atoms with E-state index in [4.69, 9.17) is 14.0 Å². The summed E-state index contributed by atoms with van der Waals surface area (Å²) < 4.78 is 15.1. The number of ether oxygens (including phenoxy) is 2. The van der Waals surface area contributed by atoms with Gasteiger partial charge < -0.3 is 18.9 Å². The van der Waals surface area contributed by atoms with E-state index in [-0.39, 0.29) is 24.5 Å². The van der Waals surface area contributed by atoms with Gasteiger partial charge in [0.05, 0.1) is 6.61 Å². The first kappa shape index (κ1) is 17.2. The second-order valence-electron chi connectivity index (χ2n) is 6.42. The first-order valence-electron chi connectivity index (χ1n) is 7.79. The molecule has 0 saturated carbocycles. The predicted molar refractivity (Wildman–Crippen MR) is 80.0 cm³/mol. The molecular weight excluding hydrogens is 302 g/mol. The van der Waals surface area contributed by atoms with Crippen LogP contribution in [-0.2, 0) is 9.47 Å². The molecule has 1 saturated heterocycles. The lowest BCUT2D eigenvalue weighted by molar-refractivity contribution is 0.0202. The number of hydrogen-bond donors (Lipinski definition) is 0. The SMILES string of the molecule is CCOC(=O)c1nc(C2CCN(C(=O)OC(C)(C)C)CC2)no1. The molecule has 8 nitrogen and oxygen atoms in total. The molecule has 0 radical (unpaired) electrons. The summed E-state index contributed by atoms with van der Waals surface area (Å²) in [6.45, 7) is 8.60. The van der Waals surface area contributed by atoms with Gasteiger partial charge in [-0.05, 0) is 40.5 Å². The Kier molecular flexibility index (Phi) is 5.23. The summed E-state index contributed by atoms with van der Waals surface area (Å²) in [5, 5.41) is 3.85. The number of carbonyl (C=O) groups excluding carboxylic acids is 2. The maximum Gasteiger partial charge on any atom is 0.410 e. The second-order valence-corrected chi connectivity index (χ2v) is 6.42. The van der Waals surface area contributed by atoms with E-state index in [2.05, 4.69) is 10.1 Å². The van der Waals surface area contributed by atoms with Crippen molar-refractivity contribution in [3.63, 3.8) is 0 Å². The van der Waals surface area contributed by atoms with Gasteiger partial charge in [-0.2, -0.15) is 4.98 Å². The molecule has 0 spiro atoms. The molecule has 23 heavy (non-hydrogen) atoms. The summed E-state index contributed by atoms with van der Waals surface area (Å²) in [7, 11) is 0. The van der Waals surface area contributed by atoms with Crippen LogP contribution < -0.4 is 0 Å². The van der Waals surface area contributed by atoms with E-state index in [1.165, 1.54) is 0 Å². The van der Waals surface area contributed by atoms with Crippen LogP contribution in [0.15, 0.2) is 4.52 Å². The normalized spacial score (nSPS) is 16.3. The quantitative estimate of drug-likeness (QED) is 0.787. The first-order chi connectivity index (χ1) is 10.8. The fraction of sp³-hybridized carbons (Fsp3) is 0.733. The van der Waals surface area contributed by atoms with Gasteiger partial charge in [-0.3, -0.25) is 0 Å². The molecule has 0 atom stereocenters. The lowest BCUT2D eigenvalue weighted by Crippen LogP contribution is -2.41. The molecule has 1 aromatic heterocycles. The second kappa shape index (κ2) is 6.97. The van der Waals surface area contributed by atoms with Gasteiger partial charge in [0.1, 0.15) is 5.60 Å². The van der Waals surface area contributed by atoms with Crippen LogP contribution in [0.25, 0.3) is 0 Å². The zero-order valence-electron chi connectivity index (χ0n) is 14.0. The lowest BCUT2D eigenvalue weighted by atomic mass is 9.96. The number of amides is 1. The van der Waals surface area contributed by atoms with Crippen molar-refractivity contribution in [2.75, 3.05) is 19.7 Å². The van der Waals surface area contributed by atoms with Crippen molar-refractivity contribution >= 4 is 12.1 Å². The van der Waals surface area contributed by atoms with Crippen LogP contribution in [-0.4, -0.2) is 52.4 Å². The summed E-state index contributed by atoms with van der Waals surface area (Å²) in [6, 6.07) is 0. The minimum absolute atomic E-state index is 0.0561. The minimum Gasteiger partial charge on any atom is -0.459 e. The molecule has 2 rings (SSSR count). The van der Waals surface area contributed by atoms with Crippen LogP contribution >= 0.6 is 0 Å². The fourth-order valence-corrected chi connectivity index (χ4v) is 2.32. The highest BCUT2D eigenvalue weighted by Crippen LogP contribution is 2.27. The zero-order chi connectivity index (χ0) is 17.0. The van der Waals surface area contributed by atoms with E-state index in [0.29, 0.717) is 31.8 Å². The highest BCUT2D eigenvalue weighted by Gasteiger charge is 2.30. The maximum absolute atomic E-state index is 12.0. The van der Waals surface area contributed by atoms with E-state index in [1.807, 2.05) is 20.8 Å². The van der Waals surface area contributed by atoms with Crippen molar-refractivity contribution in [1.82, 2.24) is 15.0 Å². The van der Waals surface area contributed by atoms with Crippen LogP contribution in [0, 0.1) is 0 Å². The monoisotopic (exact) mass is 325 g/mol. The van der Waals surface area contributed by atoms with Gasteiger partial charge in [0, 0.05) is 19.0 Å². The van der Waals surface area contributed by atoms with Crippen molar-refractivity contribution < 1.29 is 23.6 Å². The summed E-state index contributed by atoms with van der Waals surface area (Å²) in [6.07, 6.45) is 1.08. The molecule has 1 aliphatic rings. The Hall–Kier alpha value is -2.12. The molecule has 1 fully saturated rings. The molecule has 1 aromatic rings. The van der Waals surface area contributed by atoms with Crippen LogP contribution in [0.5, 0.6) is 0 Å². The largest absolute Gasteiger partial charge is 0.459 e. The third kappa shape index (κ3) is 4.67. The molecule has 2 heterocycles. The van der Waals surface area contributed by atoms with E-state index in [0.717, 1.165) is 0 Å². The summed E-state index contributed by atoms with van der Waals surface area (Å²) in [5.74, 6) is -0.202. The number of piperidine rings is 1. The number of nitrogens with zero attached hydrogens (tertiary/aromatic N) is 3. The van der Waals surface area contributed by atoms with Crippen molar-refractivity contribution in [2.24, 2.45) is 0 Å². The Morgan fingerprint density at radius 3 is 2.52 bits per heavy atom. The van der Waals surface area contributed by atoms with E-state index >= 15 is 0 Å². The van der Waals surface area contributed by atoms with Crippen molar-refractivity contribution in [3.8, 4) is 0 Å². The molecule has 0 N–H and O–H groups in total. The predicted octanol–water partition coefficient (Wildman–Crippen LogP) is 2.36. The van der Waals surface area contributed by atoms with E-state index < -0.39 is 11.6 Å². The molecule has 128 valence electrons. The van der Waals surface area contributed by atoms with Crippen LogP contribution in [0.2, 0.25) is 0 Å². The maximum atomic E-state index is 12.0. The van der Waals surface area contributed by atoms with Crippen molar-refractivity contribution in [1.29, 1.82) is 0 Å². The molecule has 0 bridgehead atoms. The van der Waals surface area contributed by atoms with Gasteiger partial charge >= 0.3 is 18.0 Å². The van der Waals surface area contributed by atoms with Crippen LogP contribution in [0.1, 0.15) is 63.0 Å². The molecule has 0 aromatic carbocycles. The molecule has 1 aliphatic heterocycles. The Bertz CT molecular complexity index is 556. The van der Waals surface area contributed by atoms with Crippen molar-refractivity contribution in [3.05, 3.63) is 11.7 Å². The zero-order valence-corrected chi connectivity index (χ0v) is 14.0. The summed E-state index contributed by atoms with van der Waals surface area (Å²) in [5.41, 5.74) is -0.504. The van der Waals surface area contributed by atoms with E-state index in [1.54, 1.807) is 11.8 Å². The number of carbonyl (C=O) groups is 2. The van der Waals surface area contributed by atoms with Crippen LogP contribution in [0.3, 0.4) is 0 Å². The molecule has 8 heteroatoms. The smallest absolute Gasteiger partial charge is 0.410 e. The Morgan fingerprint density at radius 1 is 1.30 bits per heavy atom. The van der Waals surface area contributed by atoms with Gasteiger partial charge in [-0.25, -0.2) is 9.59 Å². The lowest BCUT2D eigenvalue weighted by Gasteiger charge is -2.32. The Labute approximate surface area is 135 Å². The van der Waals surface area contributed by atoms with Crippen LogP contribution in [0.4, 0.5) is 4.79 Å². The molecule has 0 aliphatic carbocycles. The number of rotatable bonds is 3. The highest BCUT2D eigenvalue weighted by atomic mass is 16.6. The topological polar surface area (TPSA) is 94.8 Å². The number of hydrogen-bond acceptors (Lipinski definition) is 7.